The lowest BCUT2D eigenvalue weighted by Crippen LogP contribution is -2.26. The number of hydrogen-bond donors (Lipinski definition) is 1. The molecule has 0 atom stereocenters. The lowest BCUT2D eigenvalue weighted by molar-refractivity contribution is 0.0695. The summed E-state index contributed by atoms with van der Waals surface area (Å²) in [6.45, 7) is 5.98. The standard InChI is InChI=1S/C20H19Cl2N3O3/c1-5-25-11(3)16(15-8-10(2)23-24(15)4)19(26)17(20(27)28)18(25)12-6-7-13(21)14(22)9-12/h6-9H,5H2,1-4H3,(H,27,28). The summed E-state index contributed by atoms with van der Waals surface area (Å²) < 4.78 is 3.39. The fourth-order valence-corrected chi connectivity index (χ4v) is 3.82. The summed E-state index contributed by atoms with van der Waals surface area (Å²) in [5.41, 5.74) is 2.25. The van der Waals surface area contributed by atoms with Crippen LogP contribution in [-0.2, 0) is 13.6 Å². The van der Waals surface area contributed by atoms with Gasteiger partial charge in [0.1, 0.15) is 5.56 Å². The van der Waals surface area contributed by atoms with Gasteiger partial charge in [0.05, 0.1) is 32.7 Å². The second kappa shape index (κ2) is 7.45. The number of rotatable bonds is 4. The summed E-state index contributed by atoms with van der Waals surface area (Å²) in [7, 11) is 1.73. The quantitative estimate of drug-likeness (QED) is 0.672. The third-order valence-electron chi connectivity index (χ3n) is 4.71. The van der Waals surface area contributed by atoms with E-state index in [-0.39, 0.29) is 10.6 Å². The number of aryl methyl sites for hydroxylation is 2. The highest BCUT2D eigenvalue weighted by Crippen LogP contribution is 2.33. The van der Waals surface area contributed by atoms with Gasteiger partial charge < -0.3 is 9.67 Å². The number of pyridine rings is 1. The maximum absolute atomic E-state index is 13.3. The molecular formula is C20H19Cl2N3O3. The average Bonchev–Trinajstić information content (AvgIpc) is 2.94. The van der Waals surface area contributed by atoms with E-state index in [1.807, 2.05) is 18.4 Å². The summed E-state index contributed by atoms with van der Waals surface area (Å²) in [6.07, 6.45) is 0. The molecule has 0 aliphatic heterocycles. The van der Waals surface area contributed by atoms with E-state index in [9.17, 15) is 14.7 Å². The van der Waals surface area contributed by atoms with Gasteiger partial charge in [0, 0.05) is 24.8 Å². The Morgan fingerprint density at radius 2 is 1.86 bits per heavy atom. The van der Waals surface area contributed by atoms with Crippen molar-refractivity contribution in [1.82, 2.24) is 14.3 Å². The van der Waals surface area contributed by atoms with Crippen LogP contribution in [0.4, 0.5) is 0 Å². The maximum atomic E-state index is 13.3. The molecule has 0 fully saturated rings. The Morgan fingerprint density at radius 3 is 2.36 bits per heavy atom. The predicted molar refractivity (Wildman–Crippen MR) is 110 cm³/mol. The van der Waals surface area contributed by atoms with Crippen molar-refractivity contribution in [3.8, 4) is 22.5 Å². The van der Waals surface area contributed by atoms with Crippen molar-refractivity contribution in [1.29, 1.82) is 0 Å². The topological polar surface area (TPSA) is 77.1 Å². The van der Waals surface area contributed by atoms with Crippen LogP contribution < -0.4 is 5.43 Å². The molecule has 0 amide bonds. The first-order chi connectivity index (χ1) is 13.2. The molecular weight excluding hydrogens is 401 g/mol. The molecule has 146 valence electrons. The van der Waals surface area contributed by atoms with Crippen molar-refractivity contribution >= 4 is 29.2 Å². The van der Waals surface area contributed by atoms with Gasteiger partial charge in [-0.2, -0.15) is 5.10 Å². The Morgan fingerprint density at radius 1 is 1.18 bits per heavy atom. The van der Waals surface area contributed by atoms with E-state index in [0.717, 1.165) is 5.69 Å². The number of aromatic nitrogens is 3. The minimum Gasteiger partial charge on any atom is -0.477 e. The fraction of sp³-hybridized carbons (Fsp3) is 0.250. The molecule has 2 aromatic heterocycles. The Labute approximate surface area is 171 Å². The van der Waals surface area contributed by atoms with Gasteiger partial charge in [-0.05, 0) is 39.0 Å². The van der Waals surface area contributed by atoms with Crippen molar-refractivity contribution in [2.45, 2.75) is 27.3 Å². The molecule has 0 aliphatic rings. The summed E-state index contributed by atoms with van der Waals surface area (Å²) in [5, 5.41) is 14.8. The summed E-state index contributed by atoms with van der Waals surface area (Å²) >= 11 is 12.1. The molecule has 0 spiro atoms. The molecule has 3 aromatic rings. The summed E-state index contributed by atoms with van der Waals surface area (Å²) in [4.78, 5) is 25.4. The van der Waals surface area contributed by atoms with Crippen molar-refractivity contribution in [3.63, 3.8) is 0 Å². The van der Waals surface area contributed by atoms with Crippen molar-refractivity contribution in [2.75, 3.05) is 0 Å². The molecule has 6 nitrogen and oxygen atoms in total. The van der Waals surface area contributed by atoms with Gasteiger partial charge in [0.15, 0.2) is 0 Å². The van der Waals surface area contributed by atoms with Crippen molar-refractivity contribution < 1.29 is 9.90 Å². The summed E-state index contributed by atoms with van der Waals surface area (Å²) in [6, 6.07) is 6.59. The van der Waals surface area contributed by atoms with Gasteiger partial charge in [-0.15, -0.1) is 0 Å². The monoisotopic (exact) mass is 419 g/mol. The number of nitrogens with zero attached hydrogens (tertiary/aromatic N) is 3. The van der Waals surface area contributed by atoms with Crippen LogP contribution in [0.15, 0.2) is 29.1 Å². The lowest BCUT2D eigenvalue weighted by Gasteiger charge is -2.21. The van der Waals surface area contributed by atoms with E-state index in [1.54, 1.807) is 42.9 Å². The van der Waals surface area contributed by atoms with Gasteiger partial charge in [0.25, 0.3) is 0 Å². The second-order valence-electron chi connectivity index (χ2n) is 6.49. The lowest BCUT2D eigenvalue weighted by atomic mass is 9.98. The van der Waals surface area contributed by atoms with E-state index in [1.165, 1.54) is 0 Å². The third-order valence-corrected chi connectivity index (χ3v) is 5.45. The first kappa shape index (κ1) is 20.2. The van der Waals surface area contributed by atoms with Crippen LogP contribution >= 0.6 is 23.2 Å². The SMILES string of the molecule is CCn1c(C)c(-c2cc(C)nn2C)c(=O)c(C(=O)O)c1-c1ccc(Cl)c(Cl)c1. The molecule has 8 heteroatoms. The third kappa shape index (κ3) is 3.23. The zero-order valence-electron chi connectivity index (χ0n) is 15.9. The average molecular weight is 420 g/mol. The van der Waals surface area contributed by atoms with E-state index in [2.05, 4.69) is 5.10 Å². The van der Waals surface area contributed by atoms with Crippen LogP contribution in [0.5, 0.6) is 0 Å². The predicted octanol–water partition coefficient (Wildman–Crippen LogP) is 4.56. The minimum absolute atomic E-state index is 0.287. The van der Waals surface area contributed by atoms with Crippen molar-refractivity contribution in [3.05, 3.63) is 61.5 Å². The smallest absolute Gasteiger partial charge is 0.341 e. The molecule has 0 saturated carbocycles. The van der Waals surface area contributed by atoms with Crippen LogP contribution in [0, 0.1) is 13.8 Å². The zero-order valence-corrected chi connectivity index (χ0v) is 17.4. The highest BCUT2D eigenvalue weighted by molar-refractivity contribution is 6.42. The molecule has 0 aliphatic carbocycles. The molecule has 28 heavy (non-hydrogen) atoms. The summed E-state index contributed by atoms with van der Waals surface area (Å²) in [5.74, 6) is -1.30. The van der Waals surface area contributed by atoms with Crippen LogP contribution in [0.3, 0.4) is 0 Å². The Bertz CT molecular complexity index is 1160. The normalized spacial score (nSPS) is 11.1. The molecule has 0 radical (unpaired) electrons. The molecule has 1 N–H and O–H groups in total. The number of hydrogen-bond acceptors (Lipinski definition) is 3. The number of carbonyl (C=O) groups is 1. The first-order valence-corrected chi connectivity index (χ1v) is 9.40. The Kier molecular flexibility index (Phi) is 5.37. The van der Waals surface area contributed by atoms with Crippen LogP contribution in [0.25, 0.3) is 22.5 Å². The largest absolute Gasteiger partial charge is 0.477 e. The van der Waals surface area contributed by atoms with Gasteiger partial charge >= 0.3 is 5.97 Å². The second-order valence-corrected chi connectivity index (χ2v) is 7.30. The van der Waals surface area contributed by atoms with E-state index in [0.29, 0.717) is 39.8 Å². The van der Waals surface area contributed by atoms with Crippen LogP contribution in [-0.4, -0.2) is 25.4 Å². The number of aromatic carboxylic acids is 1. The number of benzene rings is 1. The van der Waals surface area contributed by atoms with Gasteiger partial charge in [-0.3, -0.25) is 9.48 Å². The van der Waals surface area contributed by atoms with Crippen LogP contribution in [0.2, 0.25) is 10.0 Å². The first-order valence-electron chi connectivity index (χ1n) is 8.64. The Balaban J connectivity index is 2.48. The highest BCUT2D eigenvalue weighted by atomic mass is 35.5. The molecule has 1 aromatic carbocycles. The highest BCUT2D eigenvalue weighted by Gasteiger charge is 2.27. The minimum atomic E-state index is -1.30. The van der Waals surface area contributed by atoms with Crippen molar-refractivity contribution in [2.24, 2.45) is 7.05 Å². The maximum Gasteiger partial charge on any atom is 0.341 e. The van der Waals surface area contributed by atoms with Gasteiger partial charge in [-0.25, -0.2) is 4.79 Å². The van der Waals surface area contributed by atoms with Crippen LogP contribution in [0.1, 0.15) is 28.7 Å². The zero-order chi connectivity index (χ0) is 20.7. The fourth-order valence-electron chi connectivity index (χ4n) is 3.52. The van der Waals surface area contributed by atoms with E-state index >= 15 is 0 Å². The number of halogens is 2. The Hall–Kier alpha value is -2.57. The number of carboxylic acids is 1. The molecule has 2 heterocycles. The molecule has 0 unspecified atom stereocenters. The molecule has 3 rings (SSSR count). The van der Waals surface area contributed by atoms with Gasteiger partial charge in [-0.1, -0.05) is 29.3 Å². The molecule has 0 bridgehead atoms. The van der Waals surface area contributed by atoms with E-state index in [4.69, 9.17) is 23.2 Å². The molecule has 0 saturated heterocycles. The van der Waals surface area contributed by atoms with E-state index < -0.39 is 11.4 Å². The number of carboxylic acid groups (broad SMARTS) is 1. The van der Waals surface area contributed by atoms with Gasteiger partial charge in [0.2, 0.25) is 5.43 Å².